The topological polar surface area (TPSA) is 135 Å². The Bertz CT molecular complexity index is 563. The molecule has 10 heteroatoms. The van der Waals surface area contributed by atoms with Crippen LogP contribution >= 0.6 is 0 Å². The number of carbonyl (C=O) groups is 2. The van der Waals surface area contributed by atoms with Crippen LogP contribution in [0.5, 0.6) is 0 Å². The number of carbonyl (C=O) groups excluding carboxylic acids is 2. The Morgan fingerprint density at radius 3 is 1.34 bits per heavy atom. The van der Waals surface area contributed by atoms with Crippen molar-refractivity contribution >= 4 is 22.1 Å². The Labute approximate surface area is 219 Å². The first-order valence-corrected chi connectivity index (χ1v) is 11.4. The van der Waals surface area contributed by atoms with E-state index in [2.05, 4.69) is 0 Å². The number of hydrogen-bond donors (Lipinski definition) is 1. The third-order valence-corrected chi connectivity index (χ3v) is 5.21. The monoisotopic (exact) mass is 450 g/mol. The maximum atomic E-state index is 10.7. The van der Waals surface area contributed by atoms with Gasteiger partial charge >= 0.3 is 59.1 Å². The van der Waals surface area contributed by atoms with E-state index in [-0.39, 0.29) is 76.9 Å². The molecule has 0 aromatic rings. The summed E-state index contributed by atoms with van der Waals surface area (Å²) in [6, 6.07) is 0. The van der Waals surface area contributed by atoms with Crippen molar-refractivity contribution in [2.45, 2.75) is 89.9 Å². The Morgan fingerprint density at radius 1 is 0.690 bits per heavy atom. The summed E-state index contributed by atoms with van der Waals surface area (Å²) in [5, 5.41) is 21.1. The maximum absolute atomic E-state index is 10.7. The first kappa shape index (κ1) is 34.2. The summed E-state index contributed by atoms with van der Waals surface area (Å²) in [5.41, 5.74) is -0.215. The van der Waals surface area contributed by atoms with Crippen LogP contribution in [0.4, 0.5) is 0 Å². The van der Waals surface area contributed by atoms with Crippen LogP contribution in [0.3, 0.4) is 0 Å². The molecule has 0 saturated carbocycles. The van der Waals surface area contributed by atoms with Gasteiger partial charge in [0, 0.05) is 0 Å². The van der Waals surface area contributed by atoms with Gasteiger partial charge in [0.25, 0.3) is 10.1 Å². The second-order valence-corrected chi connectivity index (χ2v) is 8.48. The van der Waals surface area contributed by atoms with Crippen molar-refractivity contribution < 1.29 is 91.9 Å². The molecule has 7 nitrogen and oxygen atoms in total. The van der Waals surface area contributed by atoms with E-state index in [1.807, 2.05) is 0 Å². The largest absolute Gasteiger partial charge is 1.00 e. The zero-order chi connectivity index (χ0) is 20.5. The molecule has 1 N–H and O–H groups in total. The van der Waals surface area contributed by atoms with E-state index < -0.39 is 22.1 Å². The summed E-state index contributed by atoms with van der Waals surface area (Å²) in [6.07, 6.45) is 13.6. The molecule has 0 aliphatic rings. The van der Waals surface area contributed by atoms with Crippen molar-refractivity contribution in [1.82, 2.24) is 0 Å². The minimum Gasteiger partial charge on any atom is -0.545 e. The molecule has 0 unspecified atom stereocenters. The molecular formula is C19H32Na2O7S. The summed E-state index contributed by atoms with van der Waals surface area (Å²) in [7, 11) is -3.81. The van der Waals surface area contributed by atoms with E-state index in [1.54, 1.807) is 0 Å². The summed E-state index contributed by atoms with van der Waals surface area (Å²) in [5.74, 6) is -3.10. The maximum Gasteiger partial charge on any atom is 1.00 e. The van der Waals surface area contributed by atoms with E-state index >= 15 is 0 Å². The molecule has 0 atom stereocenters. The minimum atomic E-state index is -3.81. The van der Waals surface area contributed by atoms with Crippen molar-refractivity contribution in [3.8, 4) is 0 Å². The molecule has 0 aromatic carbocycles. The summed E-state index contributed by atoms with van der Waals surface area (Å²) in [4.78, 5) is 21.1. The molecular weight excluding hydrogens is 418 g/mol. The molecule has 0 spiro atoms. The molecule has 0 bridgehead atoms. The summed E-state index contributed by atoms with van der Waals surface area (Å²) >= 11 is 0. The van der Waals surface area contributed by atoms with Gasteiger partial charge in [-0.3, -0.25) is 4.55 Å². The normalized spacial score (nSPS) is 11.4. The van der Waals surface area contributed by atoms with E-state index in [9.17, 15) is 28.2 Å². The Morgan fingerprint density at radius 2 is 1.03 bits per heavy atom. The number of carboxylic acid groups (broad SMARTS) is 2. The molecule has 0 heterocycles. The van der Waals surface area contributed by atoms with Crippen molar-refractivity contribution in [3.05, 3.63) is 11.6 Å². The molecule has 0 aromatic heterocycles. The van der Waals surface area contributed by atoms with Crippen molar-refractivity contribution in [1.29, 1.82) is 0 Å². The number of aliphatic carboxylic acids is 2. The average Bonchev–Trinajstić information content (AvgIpc) is 2.55. The zero-order valence-electron chi connectivity index (χ0n) is 18.0. The molecule has 0 aliphatic carbocycles. The van der Waals surface area contributed by atoms with Gasteiger partial charge in [-0.05, 0) is 30.9 Å². The first-order chi connectivity index (χ1) is 12.7. The molecule has 0 saturated heterocycles. The third-order valence-electron chi connectivity index (χ3n) is 4.40. The minimum absolute atomic E-state index is 0. The predicted molar refractivity (Wildman–Crippen MR) is 99.2 cm³/mol. The van der Waals surface area contributed by atoms with Crippen LogP contribution < -0.4 is 69.3 Å². The van der Waals surface area contributed by atoms with Crippen molar-refractivity contribution in [2.75, 3.05) is 5.75 Å². The fourth-order valence-corrected chi connectivity index (χ4v) is 3.49. The third kappa shape index (κ3) is 26.6. The molecule has 29 heavy (non-hydrogen) atoms. The molecule has 158 valence electrons. The van der Waals surface area contributed by atoms with Gasteiger partial charge in [0.05, 0.1) is 17.7 Å². The number of rotatable bonds is 18. The molecule has 0 amide bonds. The molecule has 0 radical (unpaired) electrons. The van der Waals surface area contributed by atoms with Crippen molar-refractivity contribution in [3.63, 3.8) is 0 Å². The number of hydrogen-bond acceptors (Lipinski definition) is 6. The fraction of sp³-hybridized carbons (Fsp3) is 0.789. The molecule has 0 aliphatic heterocycles. The van der Waals surface area contributed by atoms with Crippen LogP contribution in [0.2, 0.25) is 0 Å². The van der Waals surface area contributed by atoms with Gasteiger partial charge in [0.1, 0.15) is 0 Å². The van der Waals surface area contributed by atoms with Crippen LogP contribution in [-0.2, 0) is 19.7 Å². The molecule has 0 rings (SSSR count). The van der Waals surface area contributed by atoms with E-state index in [0.717, 1.165) is 57.8 Å². The number of unbranched alkanes of at least 4 members (excludes halogenated alkanes) is 12. The predicted octanol–water partition coefficient (Wildman–Crippen LogP) is -4.23. The van der Waals surface area contributed by atoms with Gasteiger partial charge in [-0.25, -0.2) is 0 Å². The SMILES string of the molecule is O=C([O-])C=C(CCCCCCCCCCCCCCCS(=O)(=O)O)C(=O)[O-].[Na+].[Na+]. The van der Waals surface area contributed by atoms with Crippen LogP contribution in [0.15, 0.2) is 11.6 Å². The number of carboxylic acids is 2. The standard InChI is InChI=1S/C19H34O7S.2Na/c20-18(21)16-17(19(22)23)14-12-10-8-6-4-2-1-3-5-7-9-11-13-15-27(24,25)26;;/h16H,1-15H2,(H,20,21)(H,22,23)(H,24,25,26);;/q;2*+1/p-2. The summed E-state index contributed by atoms with van der Waals surface area (Å²) in [6.45, 7) is 0. The zero-order valence-corrected chi connectivity index (χ0v) is 22.8. The van der Waals surface area contributed by atoms with Crippen LogP contribution in [0.25, 0.3) is 0 Å². The van der Waals surface area contributed by atoms with Crippen LogP contribution in [-0.4, -0.2) is 30.7 Å². The van der Waals surface area contributed by atoms with Crippen molar-refractivity contribution in [2.24, 2.45) is 0 Å². The second-order valence-electron chi connectivity index (χ2n) is 6.91. The van der Waals surface area contributed by atoms with Gasteiger partial charge < -0.3 is 19.8 Å². The van der Waals surface area contributed by atoms with Gasteiger partial charge in [-0.15, -0.1) is 0 Å². The van der Waals surface area contributed by atoms with E-state index in [4.69, 9.17) is 4.55 Å². The van der Waals surface area contributed by atoms with E-state index in [0.29, 0.717) is 18.9 Å². The van der Waals surface area contributed by atoms with Gasteiger partial charge in [-0.1, -0.05) is 70.6 Å². The van der Waals surface area contributed by atoms with Crippen LogP contribution in [0.1, 0.15) is 89.9 Å². The average molecular weight is 451 g/mol. The van der Waals surface area contributed by atoms with E-state index in [1.165, 1.54) is 12.8 Å². The van der Waals surface area contributed by atoms with Gasteiger partial charge in [0.15, 0.2) is 0 Å². The Hall–Kier alpha value is 0.590. The van der Waals surface area contributed by atoms with Gasteiger partial charge in [0.2, 0.25) is 0 Å². The molecule has 0 fully saturated rings. The first-order valence-electron chi connectivity index (χ1n) is 9.80. The Kier molecular flexibility index (Phi) is 25.7. The smallest absolute Gasteiger partial charge is 0.545 e. The second kappa shape index (κ2) is 21.8. The quantitative estimate of drug-likeness (QED) is 0.0968. The Balaban J connectivity index is -0.00000338. The van der Waals surface area contributed by atoms with Gasteiger partial charge in [-0.2, -0.15) is 8.42 Å². The van der Waals surface area contributed by atoms with Crippen LogP contribution in [0, 0.1) is 0 Å². The summed E-state index contributed by atoms with van der Waals surface area (Å²) < 4.78 is 29.7. The fourth-order valence-electron chi connectivity index (χ4n) is 2.92.